The van der Waals surface area contributed by atoms with Crippen LogP contribution in [-0.4, -0.2) is 16.9 Å². The van der Waals surface area contributed by atoms with Gasteiger partial charge in [0.2, 0.25) is 0 Å². The minimum Gasteiger partial charge on any atom is -0.497 e. The molecule has 2 aromatic heterocycles. The Kier molecular flexibility index (Phi) is 5.49. The molecule has 2 aromatic carbocycles. The van der Waals surface area contributed by atoms with Crippen molar-refractivity contribution in [2.75, 3.05) is 7.11 Å². The summed E-state index contributed by atoms with van der Waals surface area (Å²) in [5.41, 5.74) is 5.63. The molecule has 5 nitrogen and oxygen atoms in total. The van der Waals surface area contributed by atoms with Crippen molar-refractivity contribution in [2.24, 2.45) is 0 Å². The smallest absolute Gasteiger partial charge is 0.134 e. The lowest BCUT2D eigenvalue weighted by molar-refractivity contribution is 0.414. The number of methoxy groups -OCH3 is 1. The van der Waals surface area contributed by atoms with E-state index in [2.05, 4.69) is 42.5 Å². The Hall–Kier alpha value is -3.31. The number of ether oxygens (including phenoxy) is 1. The Bertz CT molecular complexity index is 1070. The second-order valence-electron chi connectivity index (χ2n) is 7.03. The SMILES string of the molecule is COc1ccc(-n2ncc([C@H](C)NCc3ccccc3-c3ccco3)c2C)cc1. The van der Waals surface area contributed by atoms with Crippen molar-refractivity contribution in [3.63, 3.8) is 0 Å². The van der Waals surface area contributed by atoms with E-state index in [9.17, 15) is 0 Å². The molecule has 0 fully saturated rings. The summed E-state index contributed by atoms with van der Waals surface area (Å²) in [4.78, 5) is 0. The highest BCUT2D eigenvalue weighted by Crippen LogP contribution is 2.26. The fourth-order valence-electron chi connectivity index (χ4n) is 3.55. The number of hydrogen-bond acceptors (Lipinski definition) is 4. The fourth-order valence-corrected chi connectivity index (χ4v) is 3.55. The van der Waals surface area contributed by atoms with Gasteiger partial charge in [-0.2, -0.15) is 5.10 Å². The standard InChI is InChI=1S/C24H25N3O2/c1-17(25-15-19-7-4-5-8-22(19)24-9-6-14-29-24)23-16-26-27(18(23)2)20-10-12-21(28-3)13-11-20/h4-14,16-17,25H,15H2,1-3H3/t17-/m0/s1. The van der Waals surface area contributed by atoms with E-state index in [1.807, 2.05) is 53.3 Å². The highest BCUT2D eigenvalue weighted by Gasteiger charge is 2.15. The van der Waals surface area contributed by atoms with E-state index >= 15 is 0 Å². The molecule has 0 amide bonds. The maximum atomic E-state index is 5.59. The van der Waals surface area contributed by atoms with Crippen LogP contribution in [-0.2, 0) is 6.54 Å². The van der Waals surface area contributed by atoms with Crippen LogP contribution >= 0.6 is 0 Å². The lowest BCUT2D eigenvalue weighted by atomic mass is 10.0. The van der Waals surface area contributed by atoms with Crippen molar-refractivity contribution in [1.29, 1.82) is 0 Å². The molecule has 0 unspecified atom stereocenters. The zero-order valence-corrected chi connectivity index (χ0v) is 16.9. The molecular weight excluding hydrogens is 362 g/mol. The minimum absolute atomic E-state index is 0.159. The van der Waals surface area contributed by atoms with Gasteiger partial charge in [-0.15, -0.1) is 0 Å². The van der Waals surface area contributed by atoms with Crippen molar-refractivity contribution in [2.45, 2.75) is 26.4 Å². The number of nitrogens with zero attached hydrogens (tertiary/aromatic N) is 2. The molecule has 2 heterocycles. The number of benzene rings is 2. The second kappa shape index (κ2) is 8.37. The summed E-state index contributed by atoms with van der Waals surface area (Å²) in [5, 5.41) is 8.22. The number of hydrogen-bond donors (Lipinski definition) is 1. The van der Waals surface area contributed by atoms with Gasteiger partial charge in [-0.05, 0) is 55.8 Å². The first-order valence-corrected chi connectivity index (χ1v) is 9.71. The Morgan fingerprint density at radius 2 is 1.86 bits per heavy atom. The zero-order valence-electron chi connectivity index (χ0n) is 16.9. The summed E-state index contributed by atoms with van der Waals surface area (Å²) >= 11 is 0. The molecule has 0 aliphatic heterocycles. The van der Waals surface area contributed by atoms with Crippen LogP contribution in [0.5, 0.6) is 5.75 Å². The summed E-state index contributed by atoms with van der Waals surface area (Å²) in [6.45, 7) is 5.00. The molecule has 0 saturated carbocycles. The van der Waals surface area contributed by atoms with Crippen molar-refractivity contribution in [1.82, 2.24) is 15.1 Å². The molecule has 0 spiro atoms. The Morgan fingerprint density at radius 3 is 2.59 bits per heavy atom. The van der Waals surface area contributed by atoms with Crippen molar-refractivity contribution < 1.29 is 9.15 Å². The number of furan rings is 1. The quantitative estimate of drug-likeness (QED) is 0.467. The van der Waals surface area contributed by atoms with Gasteiger partial charge in [-0.3, -0.25) is 0 Å². The number of aromatic nitrogens is 2. The normalized spacial score (nSPS) is 12.1. The van der Waals surface area contributed by atoms with Gasteiger partial charge in [0.15, 0.2) is 0 Å². The first kappa shape index (κ1) is 19.0. The highest BCUT2D eigenvalue weighted by atomic mass is 16.5. The molecule has 4 rings (SSSR count). The molecule has 1 N–H and O–H groups in total. The maximum Gasteiger partial charge on any atom is 0.134 e. The molecule has 1 atom stereocenters. The van der Waals surface area contributed by atoms with Gasteiger partial charge in [-0.1, -0.05) is 24.3 Å². The maximum absolute atomic E-state index is 5.59. The first-order valence-electron chi connectivity index (χ1n) is 9.71. The van der Waals surface area contributed by atoms with E-state index < -0.39 is 0 Å². The first-order chi connectivity index (χ1) is 14.2. The van der Waals surface area contributed by atoms with Crippen LogP contribution in [0, 0.1) is 6.92 Å². The summed E-state index contributed by atoms with van der Waals surface area (Å²) < 4.78 is 12.8. The van der Waals surface area contributed by atoms with Crippen LogP contribution in [0.2, 0.25) is 0 Å². The summed E-state index contributed by atoms with van der Waals surface area (Å²) in [6, 6.07) is 20.3. The Labute approximate surface area is 170 Å². The molecule has 148 valence electrons. The summed E-state index contributed by atoms with van der Waals surface area (Å²) in [7, 11) is 1.67. The van der Waals surface area contributed by atoms with Crippen LogP contribution in [0.4, 0.5) is 0 Å². The monoisotopic (exact) mass is 387 g/mol. The Balaban J connectivity index is 1.50. The summed E-state index contributed by atoms with van der Waals surface area (Å²) in [5.74, 6) is 1.72. The van der Waals surface area contributed by atoms with Gasteiger partial charge in [0, 0.05) is 29.4 Å². The molecule has 5 heteroatoms. The van der Waals surface area contributed by atoms with E-state index in [1.165, 1.54) is 11.1 Å². The van der Waals surface area contributed by atoms with Gasteiger partial charge >= 0.3 is 0 Å². The number of nitrogens with one attached hydrogen (secondary N) is 1. The van der Waals surface area contributed by atoms with Gasteiger partial charge in [0.1, 0.15) is 11.5 Å². The predicted octanol–water partition coefficient (Wildman–Crippen LogP) is 5.30. The molecule has 0 aliphatic carbocycles. The van der Waals surface area contributed by atoms with E-state index in [0.717, 1.165) is 35.0 Å². The third-order valence-electron chi connectivity index (χ3n) is 5.23. The Morgan fingerprint density at radius 1 is 1.07 bits per heavy atom. The third kappa shape index (κ3) is 3.96. The number of rotatable bonds is 7. The molecular formula is C24H25N3O2. The van der Waals surface area contributed by atoms with E-state index in [-0.39, 0.29) is 6.04 Å². The third-order valence-corrected chi connectivity index (χ3v) is 5.23. The van der Waals surface area contributed by atoms with Gasteiger partial charge in [0.25, 0.3) is 0 Å². The van der Waals surface area contributed by atoms with Crippen molar-refractivity contribution in [3.05, 3.63) is 89.9 Å². The van der Waals surface area contributed by atoms with E-state index in [4.69, 9.17) is 9.15 Å². The second-order valence-corrected chi connectivity index (χ2v) is 7.03. The van der Waals surface area contributed by atoms with Crippen molar-refractivity contribution in [3.8, 4) is 22.8 Å². The highest BCUT2D eigenvalue weighted by molar-refractivity contribution is 5.61. The van der Waals surface area contributed by atoms with Gasteiger partial charge in [-0.25, -0.2) is 4.68 Å². The zero-order chi connectivity index (χ0) is 20.2. The lowest BCUT2D eigenvalue weighted by Gasteiger charge is -2.16. The van der Waals surface area contributed by atoms with Crippen LogP contribution in [0.1, 0.15) is 29.8 Å². The van der Waals surface area contributed by atoms with Crippen LogP contribution in [0.15, 0.2) is 77.5 Å². The molecule has 29 heavy (non-hydrogen) atoms. The van der Waals surface area contributed by atoms with E-state index in [1.54, 1.807) is 13.4 Å². The fraction of sp³-hybridized carbons (Fsp3) is 0.208. The van der Waals surface area contributed by atoms with E-state index in [0.29, 0.717) is 0 Å². The van der Waals surface area contributed by atoms with Crippen LogP contribution in [0.3, 0.4) is 0 Å². The molecule has 0 bridgehead atoms. The van der Waals surface area contributed by atoms with Crippen LogP contribution < -0.4 is 10.1 Å². The topological polar surface area (TPSA) is 52.2 Å². The van der Waals surface area contributed by atoms with Crippen molar-refractivity contribution >= 4 is 0 Å². The van der Waals surface area contributed by atoms with Gasteiger partial charge < -0.3 is 14.5 Å². The lowest BCUT2D eigenvalue weighted by Crippen LogP contribution is -2.19. The molecule has 4 aromatic rings. The van der Waals surface area contributed by atoms with Gasteiger partial charge in [0.05, 0.1) is 25.3 Å². The molecule has 0 aliphatic rings. The average molecular weight is 387 g/mol. The molecule has 0 radical (unpaired) electrons. The average Bonchev–Trinajstić information content (AvgIpc) is 3.42. The largest absolute Gasteiger partial charge is 0.497 e. The minimum atomic E-state index is 0.159. The van der Waals surface area contributed by atoms with Crippen LogP contribution in [0.25, 0.3) is 17.0 Å². The molecule has 0 saturated heterocycles. The summed E-state index contributed by atoms with van der Waals surface area (Å²) in [6.07, 6.45) is 3.65. The predicted molar refractivity (Wildman–Crippen MR) is 114 cm³/mol.